The van der Waals surface area contributed by atoms with Gasteiger partial charge < -0.3 is 10.6 Å². The van der Waals surface area contributed by atoms with E-state index < -0.39 is 15.4 Å². The fourth-order valence-corrected chi connectivity index (χ4v) is 3.83. The van der Waals surface area contributed by atoms with Crippen LogP contribution >= 0.6 is 0 Å². The van der Waals surface area contributed by atoms with Gasteiger partial charge in [-0.2, -0.15) is 0 Å². The Kier molecular flexibility index (Phi) is 5.13. The Balaban J connectivity index is 2.26. The van der Waals surface area contributed by atoms with Crippen molar-refractivity contribution in [2.45, 2.75) is 31.6 Å². The van der Waals surface area contributed by atoms with E-state index >= 15 is 0 Å². The minimum Gasteiger partial charge on any atom is -0.326 e. The molecule has 7 heteroatoms. The summed E-state index contributed by atoms with van der Waals surface area (Å²) in [5, 5.41) is 6.11. The highest BCUT2D eigenvalue weighted by atomic mass is 32.2. The molecule has 6 nitrogen and oxygen atoms in total. The molecule has 1 aliphatic heterocycles. The zero-order valence-electron chi connectivity index (χ0n) is 14.1. The first-order chi connectivity index (χ1) is 10.7. The number of anilines is 1. The van der Waals surface area contributed by atoms with Crippen LogP contribution in [0.5, 0.6) is 0 Å². The molecule has 1 saturated heterocycles. The Bertz CT molecular complexity index is 693. The van der Waals surface area contributed by atoms with Crippen LogP contribution in [0.2, 0.25) is 0 Å². The summed E-state index contributed by atoms with van der Waals surface area (Å²) in [5.41, 5.74) is 0.694. The molecule has 1 atom stereocenters. The Morgan fingerprint density at radius 2 is 2.04 bits per heavy atom. The first-order valence-electron chi connectivity index (χ1n) is 7.72. The third-order valence-corrected chi connectivity index (χ3v) is 6.31. The van der Waals surface area contributed by atoms with Gasteiger partial charge in [-0.25, -0.2) is 12.7 Å². The van der Waals surface area contributed by atoms with Gasteiger partial charge in [-0.15, -0.1) is 0 Å². The summed E-state index contributed by atoms with van der Waals surface area (Å²) in [6.45, 7) is 5.24. The third kappa shape index (κ3) is 3.73. The molecule has 128 valence electrons. The quantitative estimate of drug-likeness (QED) is 0.873. The maximum absolute atomic E-state index is 12.6. The van der Waals surface area contributed by atoms with Crippen LogP contribution in [0, 0.1) is 12.3 Å². The van der Waals surface area contributed by atoms with Crippen molar-refractivity contribution in [3.05, 3.63) is 23.8 Å². The molecule has 1 fully saturated rings. The van der Waals surface area contributed by atoms with E-state index in [0.717, 1.165) is 19.4 Å². The number of benzene rings is 1. The van der Waals surface area contributed by atoms with Gasteiger partial charge in [-0.05, 0) is 50.9 Å². The third-order valence-electron chi connectivity index (χ3n) is 4.35. The van der Waals surface area contributed by atoms with E-state index in [4.69, 9.17) is 0 Å². The van der Waals surface area contributed by atoms with Crippen molar-refractivity contribution in [3.63, 3.8) is 0 Å². The van der Waals surface area contributed by atoms with E-state index in [1.165, 1.54) is 24.5 Å². The van der Waals surface area contributed by atoms with E-state index in [2.05, 4.69) is 10.6 Å². The topological polar surface area (TPSA) is 78.5 Å². The molecule has 0 aromatic heterocycles. The van der Waals surface area contributed by atoms with Crippen molar-refractivity contribution in [2.75, 3.05) is 32.5 Å². The predicted molar refractivity (Wildman–Crippen MR) is 90.9 cm³/mol. The lowest BCUT2D eigenvalue weighted by molar-refractivity contribution is -0.125. The standard InChI is InChI=1S/C16H25N3O3S/c1-12-6-7-13(10-14(12)23(21,22)19(3)4)18-15(20)16(2)8-5-9-17-11-16/h6-7,10,17H,5,8-9,11H2,1-4H3,(H,18,20). The maximum Gasteiger partial charge on any atom is 0.242 e. The van der Waals surface area contributed by atoms with Crippen LogP contribution in [0.1, 0.15) is 25.3 Å². The van der Waals surface area contributed by atoms with Gasteiger partial charge in [-0.1, -0.05) is 6.07 Å². The fraction of sp³-hybridized carbons (Fsp3) is 0.562. The zero-order chi connectivity index (χ0) is 17.3. The van der Waals surface area contributed by atoms with Gasteiger partial charge in [0.25, 0.3) is 0 Å². The van der Waals surface area contributed by atoms with Gasteiger partial charge in [0.1, 0.15) is 0 Å². The average Bonchev–Trinajstić information content (AvgIpc) is 2.49. The van der Waals surface area contributed by atoms with E-state index in [0.29, 0.717) is 17.8 Å². The van der Waals surface area contributed by atoms with Gasteiger partial charge in [0.15, 0.2) is 0 Å². The van der Waals surface area contributed by atoms with E-state index in [1.54, 1.807) is 19.1 Å². The summed E-state index contributed by atoms with van der Waals surface area (Å²) in [6, 6.07) is 4.98. The average molecular weight is 339 g/mol. The molecule has 1 unspecified atom stereocenters. The Hall–Kier alpha value is -1.44. The molecule has 0 radical (unpaired) electrons. The van der Waals surface area contributed by atoms with Crippen LogP contribution in [0.3, 0.4) is 0 Å². The number of piperidine rings is 1. The monoisotopic (exact) mass is 339 g/mol. The second-order valence-corrected chi connectivity index (χ2v) is 8.68. The summed E-state index contributed by atoms with van der Waals surface area (Å²) in [7, 11) is -0.547. The highest BCUT2D eigenvalue weighted by molar-refractivity contribution is 7.89. The highest BCUT2D eigenvalue weighted by Crippen LogP contribution is 2.28. The first-order valence-corrected chi connectivity index (χ1v) is 9.16. The summed E-state index contributed by atoms with van der Waals surface area (Å²) < 4.78 is 25.9. The van der Waals surface area contributed by atoms with Gasteiger partial charge in [0.2, 0.25) is 15.9 Å². The van der Waals surface area contributed by atoms with Crippen LogP contribution in [0.15, 0.2) is 23.1 Å². The minimum absolute atomic E-state index is 0.0817. The summed E-state index contributed by atoms with van der Waals surface area (Å²) in [4.78, 5) is 12.8. The highest BCUT2D eigenvalue weighted by Gasteiger charge is 2.34. The predicted octanol–water partition coefficient (Wildman–Crippen LogP) is 1.57. The molecule has 1 amide bonds. The number of aryl methyl sites for hydroxylation is 1. The molecular formula is C16H25N3O3S. The van der Waals surface area contributed by atoms with E-state index in [-0.39, 0.29) is 10.8 Å². The number of hydrogen-bond acceptors (Lipinski definition) is 4. The molecule has 23 heavy (non-hydrogen) atoms. The summed E-state index contributed by atoms with van der Waals surface area (Å²) >= 11 is 0. The number of rotatable bonds is 4. The lowest BCUT2D eigenvalue weighted by atomic mass is 9.82. The summed E-state index contributed by atoms with van der Waals surface area (Å²) in [6.07, 6.45) is 1.78. The molecule has 1 aliphatic rings. The Morgan fingerprint density at radius 1 is 1.35 bits per heavy atom. The van der Waals surface area contributed by atoms with Crippen LogP contribution in [-0.2, 0) is 14.8 Å². The van der Waals surface area contributed by atoms with Crippen LogP contribution < -0.4 is 10.6 Å². The molecule has 1 aromatic rings. The molecule has 0 spiro atoms. The van der Waals surface area contributed by atoms with Crippen molar-refractivity contribution >= 4 is 21.6 Å². The number of amides is 1. The molecule has 0 aliphatic carbocycles. The molecule has 1 aromatic carbocycles. The fourth-order valence-electron chi connectivity index (χ4n) is 2.68. The van der Waals surface area contributed by atoms with Crippen molar-refractivity contribution in [1.82, 2.24) is 9.62 Å². The van der Waals surface area contributed by atoms with Crippen molar-refractivity contribution < 1.29 is 13.2 Å². The van der Waals surface area contributed by atoms with Crippen LogP contribution in [0.25, 0.3) is 0 Å². The molecule has 1 heterocycles. The number of nitrogens with zero attached hydrogens (tertiary/aromatic N) is 1. The van der Waals surface area contributed by atoms with Gasteiger partial charge in [0.05, 0.1) is 10.3 Å². The molecular weight excluding hydrogens is 314 g/mol. The molecule has 2 N–H and O–H groups in total. The lowest BCUT2D eigenvalue weighted by Crippen LogP contribution is -2.46. The second-order valence-electron chi connectivity index (χ2n) is 6.56. The zero-order valence-corrected chi connectivity index (χ0v) is 15.0. The SMILES string of the molecule is Cc1ccc(NC(=O)C2(C)CCCNC2)cc1S(=O)(=O)N(C)C. The Morgan fingerprint density at radius 3 is 2.61 bits per heavy atom. The molecule has 0 saturated carbocycles. The first kappa shape index (κ1) is 17.9. The normalized spacial score (nSPS) is 22.1. The van der Waals surface area contributed by atoms with Gasteiger partial charge in [-0.3, -0.25) is 4.79 Å². The molecule has 0 bridgehead atoms. The smallest absolute Gasteiger partial charge is 0.242 e. The maximum atomic E-state index is 12.6. The number of nitrogens with one attached hydrogen (secondary N) is 2. The number of carbonyl (C=O) groups excluding carboxylic acids is 1. The van der Waals surface area contributed by atoms with Crippen molar-refractivity contribution in [3.8, 4) is 0 Å². The number of carbonyl (C=O) groups is 1. The van der Waals surface area contributed by atoms with Gasteiger partial charge >= 0.3 is 0 Å². The summed E-state index contributed by atoms with van der Waals surface area (Å²) in [5.74, 6) is -0.0817. The van der Waals surface area contributed by atoms with Crippen molar-refractivity contribution in [2.24, 2.45) is 5.41 Å². The molecule has 2 rings (SSSR count). The van der Waals surface area contributed by atoms with E-state index in [1.807, 2.05) is 6.92 Å². The lowest BCUT2D eigenvalue weighted by Gasteiger charge is -2.32. The van der Waals surface area contributed by atoms with Gasteiger partial charge in [0, 0.05) is 26.3 Å². The second kappa shape index (κ2) is 6.59. The Labute approximate surface area is 138 Å². The van der Waals surface area contributed by atoms with Crippen molar-refractivity contribution in [1.29, 1.82) is 0 Å². The largest absolute Gasteiger partial charge is 0.326 e. The minimum atomic E-state index is -3.54. The number of sulfonamides is 1. The van der Waals surface area contributed by atoms with Crippen LogP contribution in [0.4, 0.5) is 5.69 Å². The van der Waals surface area contributed by atoms with Crippen LogP contribution in [-0.4, -0.2) is 45.8 Å². The van der Waals surface area contributed by atoms with E-state index in [9.17, 15) is 13.2 Å². The number of hydrogen-bond donors (Lipinski definition) is 2.